The number of hydrogen-bond acceptors (Lipinski definition) is 3. The van der Waals surface area contributed by atoms with Gasteiger partial charge in [0.15, 0.2) is 5.78 Å². The van der Waals surface area contributed by atoms with Crippen molar-refractivity contribution in [1.82, 2.24) is 4.90 Å². The number of rotatable bonds is 10. The Morgan fingerprint density at radius 1 is 0.941 bits per heavy atom. The van der Waals surface area contributed by atoms with Crippen molar-refractivity contribution in [2.45, 2.75) is 85.1 Å². The lowest BCUT2D eigenvalue weighted by Gasteiger charge is -2.27. The van der Waals surface area contributed by atoms with Crippen LogP contribution in [0.2, 0.25) is 0 Å². The number of likely N-dealkylation sites (tertiary alicyclic amines) is 1. The van der Waals surface area contributed by atoms with Gasteiger partial charge in [0.25, 0.3) is 5.91 Å². The highest BCUT2D eigenvalue weighted by atomic mass is 16.2. The number of ketones is 2. The summed E-state index contributed by atoms with van der Waals surface area (Å²) in [5.74, 6) is -0.552. The number of benzene rings is 2. The van der Waals surface area contributed by atoms with Gasteiger partial charge in [0.1, 0.15) is 0 Å². The standard InChI is InChI=1S/C28H35NO3.C2H6/c1-4-28(2,3)26(31)27(32)29-20-12-18-24(29)25(30)19-11-17-23(21-13-7-5-8-14-21)22-15-9-6-10-16-22;1-2/h5-10,13-16,23-24H,4,11-12,17-20H2,1-3H3;1-2H3. The lowest BCUT2D eigenvalue weighted by molar-refractivity contribution is -0.151. The molecule has 0 spiro atoms. The van der Waals surface area contributed by atoms with E-state index in [0.29, 0.717) is 25.8 Å². The fourth-order valence-electron chi connectivity index (χ4n) is 4.47. The second-order valence-corrected chi connectivity index (χ2v) is 9.46. The van der Waals surface area contributed by atoms with Gasteiger partial charge in [0, 0.05) is 24.3 Å². The fraction of sp³-hybridized carbons (Fsp3) is 0.500. The zero-order valence-electron chi connectivity index (χ0n) is 21.5. The first-order valence-electron chi connectivity index (χ1n) is 12.8. The van der Waals surface area contributed by atoms with Crippen LogP contribution in [-0.2, 0) is 14.4 Å². The Morgan fingerprint density at radius 3 is 1.97 bits per heavy atom. The molecule has 2 aromatic rings. The maximum atomic E-state index is 13.1. The van der Waals surface area contributed by atoms with Crippen LogP contribution in [0.1, 0.15) is 90.2 Å². The van der Waals surface area contributed by atoms with Crippen LogP contribution in [0.3, 0.4) is 0 Å². The summed E-state index contributed by atoms with van der Waals surface area (Å²) in [5.41, 5.74) is 1.80. The van der Waals surface area contributed by atoms with Crippen LogP contribution < -0.4 is 0 Å². The summed E-state index contributed by atoms with van der Waals surface area (Å²) in [6, 6.07) is 20.3. The number of hydrogen-bond donors (Lipinski definition) is 0. The summed E-state index contributed by atoms with van der Waals surface area (Å²) in [4.78, 5) is 40.1. The highest BCUT2D eigenvalue weighted by molar-refractivity contribution is 6.38. The van der Waals surface area contributed by atoms with Crippen molar-refractivity contribution < 1.29 is 14.4 Å². The first-order valence-corrected chi connectivity index (χ1v) is 12.8. The van der Waals surface area contributed by atoms with Crippen LogP contribution in [0.15, 0.2) is 60.7 Å². The second kappa shape index (κ2) is 13.2. The average molecular weight is 464 g/mol. The minimum Gasteiger partial charge on any atom is -0.326 e. The molecule has 1 saturated heterocycles. The van der Waals surface area contributed by atoms with Gasteiger partial charge in [-0.1, -0.05) is 95.3 Å². The lowest BCUT2D eigenvalue weighted by atomic mass is 9.84. The van der Waals surface area contributed by atoms with E-state index in [1.807, 2.05) is 57.2 Å². The first kappa shape index (κ1) is 27.5. The summed E-state index contributed by atoms with van der Waals surface area (Å²) < 4.78 is 0. The molecule has 34 heavy (non-hydrogen) atoms. The molecule has 1 aliphatic heterocycles. The van der Waals surface area contributed by atoms with Gasteiger partial charge < -0.3 is 4.90 Å². The first-order chi connectivity index (χ1) is 16.3. The molecular weight excluding hydrogens is 422 g/mol. The zero-order valence-corrected chi connectivity index (χ0v) is 21.5. The highest BCUT2D eigenvalue weighted by Gasteiger charge is 2.40. The molecule has 3 rings (SSSR count). The average Bonchev–Trinajstić information content (AvgIpc) is 3.38. The third-order valence-corrected chi connectivity index (χ3v) is 6.90. The van der Waals surface area contributed by atoms with Crippen molar-refractivity contribution in [3.05, 3.63) is 71.8 Å². The van der Waals surface area contributed by atoms with E-state index in [2.05, 4.69) is 24.3 Å². The number of carbonyl (C=O) groups excluding carboxylic acids is 3. The molecule has 0 radical (unpaired) electrons. The molecule has 0 aromatic heterocycles. The summed E-state index contributed by atoms with van der Waals surface area (Å²) >= 11 is 0. The topological polar surface area (TPSA) is 54.5 Å². The minimum atomic E-state index is -0.689. The van der Waals surface area contributed by atoms with Crippen LogP contribution in [-0.4, -0.2) is 35.0 Å². The van der Waals surface area contributed by atoms with Crippen molar-refractivity contribution in [3.63, 3.8) is 0 Å². The monoisotopic (exact) mass is 463 g/mol. The molecule has 1 heterocycles. The summed E-state index contributed by atoms with van der Waals surface area (Å²) in [6.07, 6.45) is 4.08. The molecule has 0 N–H and O–H groups in total. The molecule has 2 aromatic carbocycles. The Kier molecular flexibility index (Phi) is 10.7. The van der Waals surface area contributed by atoms with Crippen LogP contribution >= 0.6 is 0 Å². The predicted molar refractivity (Wildman–Crippen MR) is 139 cm³/mol. The van der Waals surface area contributed by atoms with Crippen molar-refractivity contribution >= 4 is 17.5 Å². The Balaban J connectivity index is 0.00000199. The van der Waals surface area contributed by atoms with Gasteiger partial charge in [0.05, 0.1) is 6.04 Å². The van der Waals surface area contributed by atoms with Crippen molar-refractivity contribution in [2.24, 2.45) is 5.41 Å². The number of carbonyl (C=O) groups is 3. The van der Waals surface area contributed by atoms with Gasteiger partial charge in [0.2, 0.25) is 5.78 Å². The highest BCUT2D eigenvalue weighted by Crippen LogP contribution is 2.31. The smallest absolute Gasteiger partial charge is 0.291 e. The van der Waals surface area contributed by atoms with Crippen molar-refractivity contribution in [2.75, 3.05) is 6.54 Å². The quantitative estimate of drug-likeness (QED) is 0.374. The summed E-state index contributed by atoms with van der Waals surface area (Å²) in [7, 11) is 0. The van der Waals surface area contributed by atoms with Gasteiger partial charge in [-0.15, -0.1) is 0 Å². The molecular formula is C30H41NO3. The Hall–Kier alpha value is -2.75. The van der Waals surface area contributed by atoms with E-state index in [9.17, 15) is 14.4 Å². The Morgan fingerprint density at radius 2 is 1.47 bits per heavy atom. The molecule has 1 aliphatic rings. The third kappa shape index (κ3) is 6.88. The SMILES string of the molecule is CC.CCC(C)(C)C(=O)C(=O)N1CCCC1C(=O)CCCC(c1ccccc1)c1ccccc1. The van der Waals surface area contributed by atoms with E-state index in [4.69, 9.17) is 0 Å². The van der Waals surface area contributed by atoms with Crippen LogP contribution in [0.5, 0.6) is 0 Å². The third-order valence-electron chi connectivity index (χ3n) is 6.90. The van der Waals surface area contributed by atoms with Crippen LogP contribution in [0.4, 0.5) is 0 Å². The van der Waals surface area contributed by atoms with E-state index in [1.54, 1.807) is 13.8 Å². The maximum absolute atomic E-state index is 13.1. The van der Waals surface area contributed by atoms with Gasteiger partial charge in [-0.05, 0) is 43.2 Å². The van der Waals surface area contributed by atoms with Gasteiger partial charge in [-0.2, -0.15) is 0 Å². The van der Waals surface area contributed by atoms with E-state index < -0.39 is 17.4 Å². The van der Waals surface area contributed by atoms with Gasteiger partial charge in [-0.25, -0.2) is 0 Å². The predicted octanol–water partition coefficient (Wildman–Crippen LogP) is 6.58. The molecule has 184 valence electrons. The maximum Gasteiger partial charge on any atom is 0.291 e. The van der Waals surface area contributed by atoms with E-state index in [-0.39, 0.29) is 17.5 Å². The van der Waals surface area contributed by atoms with E-state index in [0.717, 1.165) is 19.3 Å². The molecule has 4 nitrogen and oxygen atoms in total. The molecule has 0 bridgehead atoms. The Labute approximate surface area is 205 Å². The number of amides is 1. The van der Waals surface area contributed by atoms with E-state index in [1.165, 1.54) is 16.0 Å². The minimum absolute atomic E-state index is 0.0813. The molecule has 1 fully saturated rings. The molecule has 4 heteroatoms. The summed E-state index contributed by atoms with van der Waals surface area (Å²) in [6.45, 7) is 10.0. The molecule has 1 atom stereocenters. The normalized spacial score (nSPS) is 15.6. The molecule has 0 saturated carbocycles. The zero-order chi connectivity index (χ0) is 25.1. The molecule has 0 aliphatic carbocycles. The molecule has 1 amide bonds. The largest absolute Gasteiger partial charge is 0.326 e. The fourth-order valence-corrected chi connectivity index (χ4v) is 4.47. The van der Waals surface area contributed by atoms with Crippen LogP contribution in [0, 0.1) is 5.41 Å². The Bertz CT molecular complexity index is 881. The number of Topliss-reactive ketones (excluding diaryl/α,β-unsaturated/α-hetero) is 2. The summed E-state index contributed by atoms with van der Waals surface area (Å²) in [5, 5.41) is 0. The molecule has 1 unspecified atom stereocenters. The van der Waals surface area contributed by atoms with Crippen LogP contribution in [0.25, 0.3) is 0 Å². The lowest BCUT2D eigenvalue weighted by Crippen LogP contribution is -2.47. The van der Waals surface area contributed by atoms with E-state index >= 15 is 0 Å². The van der Waals surface area contributed by atoms with Crippen molar-refractivity contribution in [3.8, 4) is 0 Å². The van der Waals surface area contributed by atoms with Gasteiger partial charge >= 0.3 is 0 Å². The second-order valence-electron chi connectivity index (χ2n) is 9.46. The van der Waals surface area contributed by atoms with Crippen molar-refractivity contribution in [1.29, 1.82) is 0 Å². The van der Waals surface area contributed by atoms with Gasteiger partial charge in [-0.3, -0.25) is 14.4 Å². The number of nitrogens with zero attached hydrogens (tertiary/aromatic N) is 1.